The normalized spacial score (nSPS) is 44.2. The van der Waals surface area contributed by atoms with Crippen LogP contribution < -0.4 is 0 Å². The SMILES string of the molecule is C1=CC2(c3ccccc3)CC1C1C3CCC(C3)C12c1ccccc1. The average molecular weight is 312 g/mol. The second kappa shape index (κ2) is 4.42. The van der Waals surface area contributed by atoms with Gasteiger partial charge in [-0.3, -0.25) is 0 Å². The lowest BCUT2D eigenvalue weighted by Crippen LogP contribution is -2.52. The first-order chi connectivity index (χ1) is 11.9. The third-order valence-corrected chi connectivity index (χ3v) is 8.08. The van der Waals surface area contributed by atoms with Gasteiger partial charge >= 0.3 is 0 Å². The molecule has 0 aromatic heterocycles. The molecule has 2 aromatic rings. The van der Waals surface area contributed by atoms with Crippen LogP contribution in [0.4, 0.5) is 0 Å². The van der Waals surface area contributed by atoms with Crippen molar-refractivity contribution in [3.8, 4) is 0 Å². The molecule has 4 aliphatic carbocycles. The van der Waals surface area contributed by atoms with Gasteiger partial charge in [-0.2, -0.15) is 0 Å². The second-order valence-electron chi connectivity index (χ2n) is 8.60. The number of allylic oxidation sites excluding steroid dienone is 2. The third kappa shape index (κ3) is 1.31. The lowest BCUT2D eigenvalue weighted by atomic mass is 9.50. The molecule has 6 rings (SSSR count). The maximum absolute atomic E-state index is 2.62. The molecule has 0 radical (unpaired) electrons. The standard InChI is InChI=1S/C24H24/c1-3-7-19(8-4-1)23-14-13-18(16-23)22-17-11-12-21(15-17)24(22,23)20-9-5-2-6-10-20/h1-10,13-14,17-18,21-22H,11-12,15-16H2. The number of hydrogen-bond acceptors (Lipinski definition) is 0. The van der Waals surface area contributed by atoms with Crippen LogP contribution in [-0.2, 0) is 10.8 Å². The summed E-state index contributed by atoms with van der Waals surface area (Å²) in [5.41, 5.74) is 3.75. The molecule has 0 heteroatoms. The maximum atomic E-state index is 2.62. The molecule has 3 saturated carbocycles. The molecule has 3 fully saturated rings. The summed E-state index contributed by atoms with van der Waals surface area (Å²) in [7, 11) is 0. The molecule has 6 unspecified atom stereocenters. The Kier molecular flexibility index (Phi) is 2.48. The highest BCUT2D eigenvalue weighted by molar-refractivity contribution is 5.53. The van der Waals surface area contributed by atoms with Gasteiger partial charge in [0.05, 0.1) is 0 Å². The molecule has 0 heterocycles. The molecular formula is C24H24. The van der Waals surface area contributed by atoms with Crippen molar-refractivity contribution in [1.29, 1.82) is 0 Å². The summed E-state index contributed by atoms with van der Waals surface area (Å²) >= 11 is 0. The molecule has 0 nitrogen and oxygen atoms in total. The van der Waals surface area contributed by atoms with Crippen LogP contribution in [0.15, 0.2) is 72.8 Å². The highest BCUT2D eigenvalue weighted by Crippen LogP contribution is 2.77. The molecule has 6 atom stereocenters. The molecule has 0 amide bonds. The van der Waals surface area contributed by atoms with E-state index in [0.717, 1.165) is 23.7 Å². The summed E-state index contributed by atoms with van der Waals surface area (Å²) in [6.45, 7) is 0. The van der Waals surface area contributed by atoms with Crippen LogP contribution in [0.1, 0.15) is 36.8 Å². The Bertz CT molecular complexity index is 804. The molecular weight excluding hydrogens is 288 g/mol. The highest BCUT2D eigenvalue weighted by atomic mass is 14.8. The second-order valence-corrected chi connectivity index (χ2v) is 8.60. The molecule has 0 aliphatic heterocycles. The summed E-state index contributed by atoms with van der Waals surface area (Å²) in [4.78, 5) is 0. The van der Waals surface area contributed by atoms with Crippen molar-refractivity contribution in [1.82, 2.24) is 0 Å². The largest absolute Gasteiger partial charge is 0.0841 e. The van der Waals surface area contributed by atoms with Crippen molar-refractivity contribution in [2.75, 3.05) is 0 Å². The lowest BCUT2D eigenvalue weighted by molar-refractivity contribution is 0.134. The number of rotatable bonds is 2. The van der Waals surface area contributed by atoms with E-state index in [2.05, 4.69) is 72.8 Å². The van der Waals surface area contributed by atoms with Crippen LogP contribution in [0.3, 0.4) is 0 Å². The lowest BCUT2D eigenvalue weighted by Gasteiger charge is -2.52. The Hall–Kier alpha value is -1.82. The fraction of sp³-hybridized carbons (Fsp3) is 0.417. The van der Waals surface area contributed by atoms with Crippen molar-refractivity contribution < 1.29 is 0 Å². The zero-order valence-corrected chi connectivity index (χ0v) is 14.1. The van der Waals surface area contributed by atoms with Gasteiger partial charge in [0.25, 0.3) is 0 Å². The van der Waals surface area contributed by atoms with Crippen molar-refractivity contribution in [3.05, 3.63) is 83.9 Å². The molecule has 0 spiro atoms. The molecule has 24 heavy (non-hydrogen) atoms. The van der Waals surface area contributed by atoms with E-state index in [-0.39, 0.29) is 5.41 Å². The predicted molar refractivity (Wildman–Crippen MR) is 97.8 cm³/mol. The summed E-state index contributed by atoms with van der Waals surface area (Å²) in [6.07, 6.45) is 10.9. The van der Waals surface area contributed by atoms with Gasteiger partial charge in [0.2, 0.25) is 0 Å². The fourth-order valence-electron chi connectivity index (χ4n) is 7.69. The molecule has 4 bridgehead atoms. The minimum absolute atomic E-state index is 0.227. The first kappa shape index (κ1) is 13.5. The Labute approximate surface area is 144 Å². The van der Waals surface area contributed by atoms with E-state index in [1.807, 2.05) is 0 Å². The van der Waals surface area contributed by atoms with E-state index in [0.29, 0.717) is 5.41 Å². The number of hydrogen-bond donors (Lipinski definition) is 0. The Morgan fingerprint density at radius 3 is 2.25 bits per heavy atom. The summed E-state index contributed by atoms with van der Waals surface area (Å²) < 4.78 is 0. The Balaban J connectivity index is 1.67. The monoisotopic (exact) mass is 312 g/mol. The van der Waals surface area contributed by atoms with Crippen LogP contribution >= 0.6 is 0 Å². The molecule has 2 aromatic carbocycles. The summed E-state index contributed by atoms with van der Waals surface area (Å²) in [6, 6.07) is 23.0. The van der Waals surface area contributed by atoms with E-state index in [1.165, 1.54) is 25.7 Å². The first-order valence-corrected chi connectivity index (χ1v) is 9.67. The van der Waals surface area contributed by atoms with E-state index >= 15 is 0 Å². The topological polar surface area (TPSA) is 0 Å². The maximum Gasteiger partial charge on any atom is 0.0240 e. The highest BCUT2D eigenvalue weighted by Gasteiger charge is 2.74. The minimum atomic E-state index is 0.227. The van der Waals surface area contributed by atoms with Gasteiger partial charge in [-0.05, 0) is 60.5 Å². The first-order valence-electron chi connectivity index (χ1n) is 9.67. The van der Waals surface area contributed by atoms with Gasteiger partial charge in [-0.15, -0.1) is 0 Å². The van der Waals surface area contributed by atoms with Crippen molar-refractivity contribution in [2.45, 2.75) is 36.5 Å². The third-order valence-electron chi connectivity index (χ3n) is 8.08. The van der Waals surface area contributed by atoms with Gasteiger partial charge in [0.15, 0.2) is 0 Å². The van der Waals surface area contributed by atoms with Crippen LogP contribution in [-0.4, -0.2) is 0 Å². The van der Waals surface area contributed by atoms with Gasteiger partial charge in [-0.25, -0.2) is 0 Å². The number of fused-ring (bicyclic) bond motifs is 9. The van der Waals surface area contributed by atoms with Crippen molar-refractivity contribution in [3.63, 3.8) is 0 Å². The van der Waals surface area contributed by atoms with Crippen LogP contribution in [0.25, 0.3) is 0 Å². The smallest absolute Gasteiger partial charge is 0.0240 e. The molecule has 0 saturated heterocycles. The van der Waals surface area contributed by atoms with Gasteiger partial charge in [-0.1, -0.05) is 72.8 Å². The predicted octanol–water partition coefficient (Wildman–Crippen LogP) is 5.50. The minimum Gasteiger partial charge on any atom is -0.0841 e. The molecule has 0 N–H and O–H groups in total. The zero-order chi connectivity index (χ0) is 15.8. The van der Waals surface area contributed by atoms with E-state index in [1.54, 1.807) is 11.1 Å². The van der Waals surface area contributed by atoms with E-state index in [9.17, 15) is 0 Å². The molecule has 4 aliphatic rings. The number of benzene rings is 2. The van der Waals surface area contributed by atoms with Gasteiger partial charge in [0.1, 0.15) is 0 Å². The fourth-order valence-corrected chi connectivity index (χ4v) is 7.69. The van der Waals surface area contributed by atoms with Crippen LogP contribution in [0.2, 0.25) is 0 Å². The van der Waals surface area contributed by atoms with Crippen LogP contribution in [0, 0.1) is 23.7 Å². The van der Waals surface area contributed by atoms with Gasteiger partial charge < -0.3 is 0 Å². The van der Waals surface area contributed by atoms with Crippen LogP contribution in [0.5, 0.6) is 0 Å². The van der Waals surface area contributed by atoms with E-state index < -0.39 is 0 Å². The Morgan fingerprint density at radius 2 is 1.50 bits per heavy atom. The zero-order valence-electron chi connectivity index (χ0n) is 14.1. The summed E-state index contributed by atoms with van der Waals surface area (Å²) in [5, 5.41) is 0. The van der Waals surface area contributed by atoms with Crippen molar-refractivity contribution in [2.24, 2.45) is 23.7 Å². The van der Waals surface area contributed by atoms with E-state index in [4.69, 9.17) is 0 Å². The summed E-state index contributed by atoms with van der Waals surface area (Å²) in [5.74, 6) is 3.48. The molecule has 120 valence electrons. The Morgan fingerprint density at radius 1 is 0.792 bits per heavy atom. The van der Waals surface area contributed by atoms with Crippen molar-refractivity contribution >= 4 is 0 Å². The quantitative estimate of drug-likeness (QED) is 0.507. The average Bonchev–Trinajstić information content (AvgIpc) is 3.41. The van der Waals surface area contributed by atoms with Gasteiger partial charge in [0, 0.05) is 10.8 Å².